The van der Waals surface area contributed by atoms with Crippen molar-refractivity contribution < 1.29 is 4.79 Å². The van der Waals surface area contributed by atoms with Crippen molar-refractivity contribution in [1.82, 2.24) is 25.1 Å². The summed E-state index contributed by atoms with van der Waals surface area (Å²) in [5.41, 5.74) is 2.63. The highest BCUT2D eigenvalue weighted by Crippen LogP contribution is 2.23. The van der Waals surface area contributed by atoms with E-state index in [0.29, 0.717) is 11.6 Å². The molecule has 4 rings (SSSR count). The summed E-state index contributed by atoms with van der Waals surface area (Å²) in [6.45, 7) is 1.61. The van der Waals surface area contributed by atoms with Crippen LogP contribution in [-0.2, 0) is 11.3 Å². The molecular weight excluding hydrogens is 364 g/mol. The number of carbonyl (C=O) groups excluding carboxylic acids is 1. The number of benzene rings is 2. The Labute approximate surface area is 161 Å². The maximum atomic E-state index is 12.9. The molecule has 1 N–H and O–H groups in total. The number of likely N-dealkylation sites (tertiary alicyclic amines) is 1. The monoisotopic (exact) mass is 382 g/mol. The summed E-state index contributed by atoms with van der Waals surface area (Å²) in [5.74, 6) is 0.00314. The third kappa shape index (κ3) is 4.15. The number of hydrogen-bond acceptors (Lipinski definition) is 5. The Morgan fingerprint density at radius 3 is 2.93 bits per heavy atom. The van der Waals surface area contributed by atoms with E-state index >= 15 is 0 Å². The van der Waals surface area contributed by atoms with Gasteiger partial charge in [0, 0.05) is 17.3 Å². The van der Waals surface area contributed by atoms with Crippen molar-refractivity contribution in [3.63, 3.8) is 0 Å². The minimum atomic E-state index is -0.152. The lowest BCUT2D eigenvalue weighted by molar-refractivity contribution is -0.120. The van der Waals surface area contributed by atoms with Crippen LogP contribution in [-0.4, -0.2) is 43.6 Å². The van der Waals surface area contributed by atoms with Crippen LogP contribution in [0.1, 0.15) is 18.4 Å². The molecule has 1 unspecified atom stereocenters. The molecule has 2 aromatic carbocycles. The summed E-state index contributed by atoms with van der Waals surface area (Å²) in [6.07, 6.45) is 3.37. The summed E-state index contributed by atoms with van der Waals surface area (Å²) in [7, 11) is 0. The minimum absolute atomic E-state index is 0.00314. The Morgan fingerprint density at radius 1 is 1.22 bits per heavy atom. The van der Waals surface area contributed by atoms with Gasteiger partial charge in [-0.3, -0.25) is 9.69 Å². The number of carbonyl (C=O) groups is 1. The average molecular weight is 383 g/mol. The fraction of sp³-hybridized carbons (Fsp3) is 0.263. The predicted molar refractivity (Wildman–Crippen MR) is 103 cm³/mol. The number of hydrogen-bond donors (Lipinski definition) is 1. The van der Waals surface area contributed by atoms with E-state index in [0.717, 1.165) is 36.3 Å². The molecule has 0 aliphatic carbocycles. The second kappa shape index (κ2) is 7.85. The topological polar surface area (TPSA) is 75.9 Å². The lowest BCUT2D eigenvalue weighted by atomic mass is 10.1. The van der Waals surface area contributed by atoms with E-state index in [1.54, 1.807) is 4.68 Å². The molecule has 1 aliphatic heterocycles. The van der Waals surface area contributed by atoms with Gasteiger partial charge in [0.1, 0.15) is 6.33 Å². The van der Waals surface area contributed by atoms with Crippen LogP contribution in [0.2, 0.25) is 5.02 Å². The molecule has 1 saturated heterocycles. The maximum Gasteiger partial charge on any atom is 0.241 e. The van der Waals surface area contributed by atoms with Gasteiger partial charge in [-0.25, -0.2) is 4.68 Å². The number of amides is 1. The molecule has 3 aromatic rings. The Hall–Kier alpha value is -2.77. The molecule has 1 aromatic heterocycles. The zero-order valence-electron chi connectivity index (χ0n) is 14.6. The normalized spacial score (nSPS) is 17.1. The van der Waals surface area contributed by atoms with Crippen LogP contribution in [0, 0.1) is 0 Å². The number of anilines is 1. The van der Waals surface area contributed by atoms with Crippen LogP contribution in [0.3, 0.4) is 0 Å². The second-order valence-corrected chi connectivity index (χ2v) is 6.99. The molecule has 0 bridgehead atoms. The van der Waals surface area contributed by atoms with Gasteiger partial charge in [0.05, 0.1) is 11.7 Å². The molecule has 2 heterocycles. The van der Waals surface area contributed by atoms with Crippen LogP contribution in [0.4, 0.5) is 5.69 Å². The highest BCUT2D eigenvalue weighted by Gasteiger charge is 2.30. The number of halogens is 1. The van der Waals surface area contributed by atoms with E-state index in [4.69, 9.17) is 11.6 Å². The Balaban J connectivity index is 1.45. The smallest absolute Gasteiger partial charge is 0.241 e. The van der Waals surface area contributed by atoms with Gasteiger partial charge >= 0.3 is 0 Å². The molecule has 7 nitrogen and oxygen atoms in total. The Bertz CT molecular complexity index is 929. The first kappa shape index (κ1) is 17.6. The van der Waals surface area contributed by atoms with E-state index < -0.39 is 0 Å². The summed E-state index contributed by atoms with van der Waals surface area (Å²) < 4.78 is 1.55. The van der Waals surface area contributed by atoms with Gasteiger partial charge in [-0.2, -0.15) is 0 Å². The van der Waals surface area contributed by atoms with Gasteiger partial charge in [0.2, 0.25) is 5.91 Å². The molecule has 1 amide bonds. The lowest BCUT2D eigenvalue weighted by Crippen LogP contribution is -2.39. The second-order valence-electron chi connectivity index (χ2n) is 6.55. The van der Waals surface area contributed by atoms with E-state index in [1.807, 2.05) is 48.5 Å². The van der Waals surface area contributed by atoms with Crippen LogP contribution in [0.25, 0.3) is 5.69 Å². The number of rotatable bonds is 5. The van der Waals surface area contributed by atoms with Crippen LogP contribution in [0.15, 0.2) is 54.9 Å². The van der Waals surface area contributed by atoms with Crippen molar-refractivity contribution in [2.24, 2.45) is 0 Å². The van der Waals surface area contributed by atoms with Gasteiger partial charge in [0.15, 0.2) is 0 Å². The van der Waals surface area contributed by atoms with E-state index in [-0.39, 0.29) is 11.9 Å². The van der Waals surface area contributed by atoms with Crippen LogP contribution >= 0.6 is 11.6 Å². The number of tetrazole rings is 1. The summed E-state index contributed by atoms with van der Waals surface area (Å²) in [6, 6.07) is 15.1. The zero-order chi connectivity index (χ0) is 18.6. The van der Waals surface area contributed by atoms with E-state index in [2.05, 4.69) is 25.7 Å². The van der Waals surface area contributed by atoms with Gasteiger partial charge in [-0.05, 0) is 65.7 Å². The fourth-order valence-electron chi connectivity index (χ4n) is 3.41. The molecule has 1 aliphatic rings. The Morgan fingerprint density at radius 2 is 2.11 bits per heavy atom. The number of aromatic nitrogens is 4. The first-order valence-electron chi connectivity index (χ1n) is 8.82. The predicted octanol–water partition coefficient (Wildman–Crippen LogP) is 2.92. The van der Waals surface area contributed by atoms with Crippen LogP contribution in [0.5, 0.6) is 0 Å². The molecule has 1 fully saturated rings. The molecule has 27 heavy (non-hydrogen) atoms. The molecule has 0 spiro atoms. The highest BCUT2D eigenvalue weighted by molar-refractivity contribution is 6.30. The summed E-state index contributed by atoms with van der Waals surface area (Å²) in [4.78, 5) is 15.1. The Kier molecular flexibility index (Phi) is 5.13. The van der Waals surface area contributed by atoms with Gasteiger partial charge in [-0.1, -0.05) is 29.8 Å². The van der Waals surface area contributed by atoms with Gasteiger partial charge in [0.25, 0.3) is 0 Å². The largest absolute Gasteiger partial charge is 0.325 e. The number of nitrogens with zero attached hydrogens (tertiary/aromatic N) is 5. The van der Waals surface area contributed by atoms with Gasteiger partial charge < -0.3 is 5.32 Å². The molecular formula is C19H19ClN6O. The molecule has 0 saturated carbocycles. The lowest BCUT2D eigenvalue weighted by Gasteiger charge is -2.24. The van der Waals surface area contributed by atoms with Crippen molar-refractivity contribution in [3.8, 4) is 5.69 Å². The summed E-state index contributed by atoms with van der Waals surface area (Å²) >= 11 is 6.08. The standard InChI is InChI=1S/C19H19ClN6O/c20-15-5-1-4-14(10-15)12-25-9-3-8-18(25)19(27)22-16-6-2-7-17(11-16)26-13-21-23-24-26/h1-2,4-7,10-11,13,18H,3,8-9,12H2,(H,22,27). The maximum absolute atomic E-state index is 12.9. The molecule has 0 radical (unpaired) electrons. The molecule has 138 valence electrons. The quantitative estimate of drug-likeness (QED) is 0.734. The third-order valence-electron chi connectivity index (χ3n) is 4.67. The number of nitrogens with one attached hydrogen (secondary N) is 1. The average Bonchev–Trinajstić information content (AvgIpc) is 3.34. The van der Waals surface area contributed by atoms with Crippen molar-refractivity contribution in [2.45, 2.75) is 25.4 Å². The molecule has 8 heteroatoms. The van der Waals surface area contributed by atoms with E-state index in [9.17, 15) is 4.79 Å². The summed E-state index contributed by atoms with van der Waals surface area (Å²) in [5, 5.41) is 14.9. The first-order chi connectivity index (χ1) is 13.2. The van der Waals surface area contributed by atoms with E-state index in [1.165, 1.54) is 6.33 Å². The van der Waals surface area contributed by atoms with Crippen molar-refractivity contribution in [1.29, 1.82) is 0 Å². The highest BCUT2D eigenvalue weighted by atomic mass is 35.5. The van der Waals surface area contributed by atoms with Crippen molar-refractivity contribution in [2.75, 3.05) is 11.9 Å². The van der Waals surface area contributed by atoms with Crippen molar-refractivity contribution >= 4 is 23.2 Å². The van der Waals surface area contributed by atoms with Gasteiger partial charge in [-0.15, -0.1) is 5.10 Å². The minimum Gasteiger partial charge on any atom is -0.325 e. The fourth-order valence-corrected chi connectivity index (χ4v) is 3.63. The molecule has 1 atom stereocenters. The third-order valence-corrected chi connectivity index (χ3v) is 4.90. The zero-order valence-corrected chi connectivity index (χ0v) is 15.4. The van der Waals surface area contributed by atoms with Crippen LogP contribution < -0.4 is 5.32 Å². The SMILES string of the molecule is O=C(Nc1cccc(-n2cnnn2)c1)C1CCCN1Cc1cccc(Cl)c1. The van der Waals surface area contributed by atoms with Crippen molar-refractivity contribution in [3.05, 3.63) is 65.4 Å². The first-order valence-corrected chi connectivity index (χ1v) is 9.19.